The zero-order chi connectivity index (χ0) is 13.7. The Bertz CT molecular complexity index is 469. The molecule has 0 aliphatic rings. The normalized spacial score (nSPS) is 13.2. The van der Waals surface area contributed by atoms with E-state index in [1.165, 1.54) is 0 Å². The van der Waals surface area contributed by atoms with Crippen molar-refractivity contribution in [2.24, 2.45) is 10.9 Å². The number of amidine groups is 1. The summed E-state index contributed by atoms with van der Waals surface area (Å²) in [4.78, 5) is 11.8. The minimum atomic E-state index is -0.479. The van der Waals surface area contributed by atoms with Crippen LogP contribution in [0.4, 0.5) is 0 Å². The van der Waals surface area contributed by atoms with Crippen LogP contribution in [0.3, 0.4) is 0 Å². The molecule has 0 aliphatic heterocycles. The fourth-order valence-electron chi connectivity index (χ4n) is 1.62. The fraction of sp³-hybridized carbons (Fsp3) is 0.385. The Morgan fingerprint density at radius 2 is 2.17 bits per heavy atom. The Balaban J connectivity index is 2.68. The van der Waals surface area contributed by atoms with E-state index < -0.39 is 6.04 Å². The number of hydrogen-bond donors (Lipinski definition) is 3. The van der Waals surface area contributed by atoms with Crippen LogP contribution in [0.5, 0.6) is 0 Å². The van der Waals surface area contributed by atoms with E-state index in [1.54, 1.807) is 6.92 Å². The van der Waals surface area contributed by atoms with Gasteiger partial charge < -0.3 is 16.3 Å². The molecule has 0 saturated carbocycles. The largest absolute Gasteiger partial charge is 0.409 e. The molecule has 0 radical (unpaired) electrons. The van der Waals surface area contributed by atoms with Crippen molar-refractivity contribution in [3.8, 4) is 0 Å². The van der Waals surface area contributed by atoms with E-state index in [0.29, 0.717) is 0 Å². The van der Waals surface area contributed by atoms with Crippen LogP contribution in [0, 0.1) is 13.8 Å². The number of aryl methyl sites for hydroxylation is 2. The van der Waals surface area contributed by atoms with Crippen molar-refractivity contribution in [1.29, 1.82) is 0 Å². The van der Waals surface area contributed by atoms with Crippen LogP contribution in [0.15, 0.2) is 23.4 Å². The van der Waals surface area contributed by atoms with Gasteiger partial charge in [0.2, 0.25) is 5.91 Å². The molecule has 4 N–H and O–H groups in total. The van der Waals surface area contributed by atoms with Crippen molar-refractivity contribution in [2.45, 2.75) is 33.2 Å². The number of oxime groups is 1. The first-order valence-corrected chi connectivity index (χ1v) is 5.77. The number of carbonyl (C=O) groups excluding carboxylic acids is 1. The van der Waals surface area contributed by atoms with Gasteiger partial charge in [0.1, 0.15) is 0 Å². The summed E-state index contributed by atoms with van der Waals surface area (Å²) in [5.74, 6) is -0.160. The molecular weight excluding hydrogens is 230 g/mol. The van der Waals surface area contributed by atoms with Gasteiger partial charge in [0.05, 0.1) is 12.5 Å². The monoisotopic (exact) mass is 249 g/mol. The van der Waals surface area contributed by atoms with Crippen molar-refractivity contribution >= 4 is 11.7 Å². The minimum absolute atomic E-state index is 0.00989. The van der Waals surface area contributed by atoms with Crippen molar-refractivity contribution < 1.29 is 10.0 Å². The van der Waals surface area contributed by atoms with E-state index in [4.69, 9.17) is 10.9 Å². The summed E-state index contributed by atoms with van der Waals surface area (Å²) < 4.78 is 0. The summed E-state index contributed by atoms with van der Waals surface area (Å²) in [7, 11) is 0. The lowest BCUT2D eigenvalue weighted by Gasteiger charge is -2.13. The third kappa shape index (κ3) is 3.76. The molecule has 98 valence electrons. The average molecular weight is 249 g/mol. The highest BCUT2D eigenvalue weighted by atomic mass is 16.4. The molecule has 0 bridgehead atoms. The highest BCUT2D eigenvalue weighted by Gasteiger charge is 2.12. The van der Waals surface area contributed by atoms with Gasteiger partial charge in [-0.25, -0.2) is 0 Å². The molecule has 5 nitrogen and oxygen atoms in total. The molecule has 1 aromatic rings. The van der Waals surface area contributed by atoms with Gasteiger partial charge in [-0.1, -0.05) is 28.9 Å². The van der Waals surface area contributed by atoms with Crippen molar-refractivity contribution in [2.75, 3.05) is 0 Å². The van der Waals surface area contributed by atoms with Gasteiger partial charge in [0.15, 0.2) is 5.84 Å². The SMILES string of the molecule is Cc1ccc(C)c(CC(=O)NC(C)C(N)=NO)c1. The van der Waals surface area contributed by atoms with Crippen molar-refractivity contribution in [3.63, 3.8) is 0 Å². The number of nitrogens with one attached hydrogen (secondary N) is 1. The Labute approximate surface area is 107 Å². The fourth-order valence-corrected chi connectivity index (χ4v) is 1.62. The first-order chi connectivity index (χ1) is 8.43. The lowest BCUT2D eigenvalue weighted by molar-refractivity contribution is -0.120. The topological polar surface area (TPSA) is 87.7 Å². The predicted octanol–water partition coefficient (Wildman–Crippen LogP) is 1.10. The third-order valence-electron chi connectivity index (χ3n) is 2.79. The highest BCUT2D eigenvalue weighted by Crippen LogP contribution is 2.11. The van der Waals surface area contributed by atoms with Gasteiger partial charge >= 0.3 is 0 Å². The Kier molecular flexibility index (Phi) is 4.71. The quantitative estimate of drug-likeness (QED) is 0.323. The average Bonchev–Trinajstić information content (AvgIpc) is 2.32. The number of nitrogens with two attached hydrogens (primary N) is 1. The van der Waals surface area contributed by atoms with Crippen molar-refractivity contribution in [3.05, 3.63) is 34.9 Å². The number of hydrogen-bond acceptors (Lipinski definition) is 3. The van der Waals surface area contributed by atoms with Crippen LogP contribution in [-0.2, 0) is 11.2 Å². The number of rotatable bonds is 4. The Morgan fingerprint density at radius 3 is 2.78 bits per heavy atom. The zero-order valence-electron chi connectivity index (χ0n) is 10.9. The molecule has 0 fully saturated rings. The minimum Gasteiger partial charge on any atom is -0.409 e. The summed E-state index contributed by atoms with van der Waals surface area (Å²) in [5.41, 5.74) is 8.58. The second-order valence-electron chi connectivity index (χ2n) is 4.42. The van der Waals surface area contributed by atoms with Crippen LogP contribution in [-0.4, -0.2) is 23.0 Å². The summed E-state index contributed by atoms with van der Waals surface area (Å²) in [5, 5.41) is 14.0. The first kappa shape index (κ1) is 14.0. The predicted molar refractivity (Wildman–Crippen MR) is 70.6 cm³/mol. The van der Waals surface area contributed by atoms with E-state index >= 15 is 0 Å². The molecule has 5 heteroatoms. The van der Waals surface area contributed by atoms with Crippen LogP contribution < -0.4 is 11.1 Å². The maximum absolute atomic E-state index is 11.8. The van der Waals surface area contributed by atoms with Crippen LogP contribution in [0.25, 0.3) is 0 Å². The second-order valence-corrected chi connectivity index (χ2v) is 4.42. The van der Waals surface area contributed by atoms with Gasteiger partial charge in [0.25, 0.3) is 0 Å². The molecule has 0 saturated heterocycles. The standard InChI is InChI=1S/C13H19N3O2/c1-8-4-5-9(2)11(6-8)7-12(17)15-10(3)13(14)16-18/h4-6,10,18H,7H2,1-3H3,(H2,14,16)(H,15,17). The number of carbonyl (C=O) groups is 1. The smallest absolute Gasteiger partial charge is 0.225 e. The van der Waals surface area contributed by atoms with Crippen molar-refractivity contribution in [1.82, 2.24) is 5.32 Å². The zero-order valence-corrected chi connectivity index (χ0v) is 10.9. The summed E-state index contributed by atoms with van der Waals surface area (Å²) in [6.07, 6.45) is 0.288. The summed E-state index contributed by atoms with van der Waals surface area (Å²) >= 11 is 0. The second kappa shape index (κ2) is 6.05. The maximum Gasteiger partial charge on any atom is 0.225 e. The molecule has 1 atom stereocenters. The molecule has 0 aromatic heterocycles. The summed E-state index contributed by atoms with van der Waals surface area (Å²) in [6, 6.07) is 5.51. The molecule has 18 heavy (non-hydrogen) atoms. The van der Waals surface area contributed by atoms with Crippen LogP contribution in [0.2, 0.25) is 0 Å². The first-order valence-electron chi connectivity index (χ1n) is 5.77. The number of benzene rings is 1. The van der Waals surface area contributed by atoms with Gasteiger partial charge in [0, 0.05) is 0 Å². The molecule has 0 heterocycles. The molecular formula is C13H19N3O2. The molecule has 1 rings (SSSR count). The van der Waals surface area contributed by atoms with Gasteiger partial charge in [-0.2, -0.15) is 0 Å². The molecule has 1 aromatic carbocycles. The van der Waals surface area contributed by atoms with Gasteiger partial charge in [-0.05, 0) is 31.9 Å². The lowest BCUT2D eigenvalue weighted by atomic mass is 10.0. The van der Waals surface area contributed by atoms with Gasteiger partial charge in [-0.15, -0.1) is 0 Å². The molecule has 1 amide bonds. The maximum atomic E-state index is 11.8. The molecule has 1 unspecified atom stereocenters. The highest BCUT2D eigenvalue weighted by molar-refractivity contribution is 5.90. The van der Waals surface area contributed by atoms with Gasteiger partial charge in [-0.3, -0.25) is 4.79 Å². The molecule has 0 spiro atoms. The van der Waals surface area contributed by atoms with E-state index in [9.17, 15) is 4.79 Å². The number of nitrogens with zero attached hydrogens (tertiary/aromatic N) is 1. The van der Waals surface area contributed by atoms with E-state index in [0.717, 1.165) is 16.7 Å². The Morgan fingerprint density at radius 1 is 1.50 bits per heavy atom. The van der Waals surface area contributed by atoms with E-state index in [1.807, 2.05) is 32.0 Å². The summed E-state index contributed by atoms with van der Waals surface area (Å²) in [6.45, 7) is 5.62. The van der Waals surface area contributed by atoms with E-state index in [2.05, 4.69) is 10.5 Å². The van der Waals surface area contributed by atoms with Crippen LogP contribution in [0.1, 0.15) is 23.6 Å². The van der Waals surface area contributed by atoms with Crippen LogP contribution >= 0.6 is 0 Å². The lowest BCUT2D eigenvalue weighted by Crippen LogP contribution is -2.43. The Hall–Kier alpha value is -2.04. The molecule has 0 aliphatic carbocycles. The third-order valence-corrected chi connectivity index (χ3v) is 2.79. The van der Waals surface area contributed by atoms with E-state index in [-0.39, 0.29) is 18.2 Å². The number of amides is 1.